The van der Waals surface area contributed by atoms with Crippen LogP contribution < -0.4 is 0 Å². The summed E-state index contributed by atoms with van der Waals surface area (Å²) in [5, 5.41) is 15.8. The summed E-state index contributed by atoms with van der Waals surface area (Å²) in [5.41, 5.74) is 16.6. The first-order valence-corrected chi connectivity index (χ1v) is 6.97. The molecular weight excluding hydrogens is 260 g/mol. The number of hydrogen-bond acceptors (Lipinski definition) is 3. The van der Waals surface area contributed by atoms with Gasteiger partial charge in [0.2, 0.25) is 0 Å². The number of hydrogen-bond donors (Lipinski definition) is 1. The third-order valence-electron chi connectivity index (χ3n) is 3.00. The van der Waals surface area contributed by atoms with Crippen molar-refractivity contribution >= 4 is 5.97 Å². The molecule has 0 saturated carbocycles. The maximum atomic E-state index is 10.4. The molecule has 0 aliphatic carbocycles. The minimum atomic E-state index is -0.787. The number of aliphatic carboxylic acids is 1. The van der Waals surface area contributed by atoms with Gasteiger partial charge in [-0.2, -0.15) is 0 Å². The average Bonchev–Trinajstić information content (AvgIpc) is 2.42. The van der Waals surface area contributed by atoms with E-state index in [1.165, 1.54) is 0 Å². The molecule has 0 spiro atoms. The first-order chi connectivity index (χ1) is 9.70. The second-order valence-corrected chi connectivity index (χ2v) is 4.66. The van der Waals surface area contributed by atoms with Gasteiger partial charge in [-0.1, -0.05) is 35.9 Å². The Balaban J connectivity index is 3.66. The molecule has 1 atom stereocenters. The van der Waals surface area contributed by atoms with Crippen LogP contribution in [0.3, 0.4) is 0 Å². The fourth-order valence-electron chi connectivity index (χ4n) is 1.95. The molecule has 0 aliphatic heterocycles. The minimum absolute atomic E-state index is 0.0362. The van der Waals surface area contributed by atoms with E-state index in [0.29, 0.717) is 13.0 Å². The Morgan fingerprint density at radius 1 is 1.00 bits per heavy atom. The highest BCUT2D eigenvalue weighted by molar-refractivity contribution is 5.66. The Morgan fingerprint density at radius 2 is 1.65 bits per heavy atom. The summed E-state index contributed by atoms with van der Waals surface area (Å²) in [6, 6.07) is -0.0362. The van der Waals surface area contributed by atoms with Crippen molar-refractivity contribution in [3.05, 3.63) is 20.9 Å². The van der Waals surface area contributed by atoms with E-state index in [1.807, 2.05) is 0 Å². The van der Waals surface area contributed by atoms with Crippen molar-refractivity contribution in [1.82, 2.24) is 0 Å². The Morgan fingerprint density at radius 3 is 2.25 bits per heavy atom. The van der Waals surface area contributed by atoms with E-state index in [2.05, 4.69) is 20.1 Å². The summed E-state index contributed by atoms with van der Waals surface area (Å²) in [4.78, 5) is 15.9. The highest BCUT2D eigenvalue weighted by atomic mass is 16.4. The lowest BCUT2D eigenvalue weighted by atomic mass is 10.0. The number of carboxylic acids is 1. The zero-order valence-electron chi connectivity index (χ0n) is 11.7. The predicted molar refractivity (Wildman–Crippen MR) is 76.1 cm³/mol. The van der Waals surface area contributed by atoms with E-state index in [4.69, 9.17) is 16.2 Å². The van der Waals surface area contributed by atoms with E-state index < -0.39 is 5.97 Å². The van der Waals surface area contributed by atoms with Crippen molar-refractivity contribution in [2.24, 2.45) is 10.2 Å². The normalized spacial score (nSPS) is 11.2. The number of azide groups is 2. The first kappa shape index (κ1) is 18.1. The van der Waals surface area contributed by atoms with Crippen LogP contribution in [-0.4, -0.2) is 23.7 Å². The molecular formula is C12H22N6O2. The van der Waals surface area contributed by atoms with Gasteiger partial charge in [0, 0.05) is 28.8 Å². The molecule has 0 rings (SSSR count). The molecule has 0 aromatic heterocycles. The smallest absolute Gasteiger partial charge is 0.303 e. The third kappa shape index (κ3) is 12.5. The number of carbonyl (C=O) groups is 1. The zero-order valence-corrected chi connectivity index (χ0v) is 11.7. The zero-order chi connectivity index (χ0) is 15.1. The summed E-state index contributed by atoms with van der Waals surface area (Å²) in [7, 11) is 0. The van der Waals surface area contributed by atoms with Gasteiger partial charge in [-0.25, -0.2) is 0 Å². The average molecular weight is 282 g/mol. The summed E-state index contributed by atoms with van der Waals surface area (Å²) >= 11 is 0. The lowest BCUT2D eigenvalue weighted by Gasteiger charge is -2.10. The number of carboxylic acid groups (broad SMARTS) is 1. The third-order valence-corrected chi connectivity index (χ3v) is 3.00. The summed E-state index contributed by atoms with van der Waals surface area (Å²) in [6.45, 7) is 0.533. The van der Waals surface area contributed by atoms with Crippen LogP contribution in [0, 0.1) is 0 Å². The molecule has 0 saturated heterocycles. The largest absolute Gasteiger partial charge is 0.481 e. The Hall–Kier alpha value is -1.91. The molecule has 0 bridgehead atoms. The van der Waals surface area contributed by atoms with Crippen LogP contribution in [0.5, 0.6) is 0 Å². The SMILES string of the molecule is [N-]=[N+]=NCCCCCCC(CCCCC(=O)O)N=[N+]=[N-]. The van der Waals surface area contributed by atoms with Crippen molar-refractivity contribution in [2.45, 2.75) is 63.8 Å². The van der Waals surface area contributed by atoms with Gasteiger partial charge in [-0.15, -0.1) is 0 Å². The van der Waals surface area contributed by atoms with Gasteiger partial charge in [-0.05, 0) is 36.7 Å². The Bertz CT molecular complexity index is 361. The summed E-state index contributed by atoms with van der Waals surface area (Å²) < 4.78 is 0. The molecule has 1 unspecified atom stereocenters. The lowest BCUT2D eigenvalue weighted by Crippen LogP contribution is -2.04. The van der Waals surface area contributed by atoms with Gasteiger partial charge in [-0.3, -0.25) is 4.79 Å². The van der Waals surface area contributed by atoms with Gasteiger partial charge in [0.25, 0.3) is 0 Å². The molecule has 0 aliphatic rings. The van der Waals surface area contributed by atoms with Crippen molar-refractivity contribution < 1.29 is 9.90 Å². The topological polar surface area (TPSA) is 135 Å². The van der Waals surface area contributed by atoms with Crippen molar-refractivity contribution in [2.75, 3.05) is 6.54 Å². The highest BCUT2D eigenvalue weighted by Gasteiger charge is 2.06. The molecule has 0 heterocycles. The molecule has 1 N–H and O–H groups in total. The van der Waals surface area contributed by atoms with Crippen LogP contribution in [0.4, 0.5) is 0 Å². The first-order valence-electron chi connectivity index (χ1n) is 6.97. The Labute approximate surface area is 118 Å². The van der Waals surface area contributed by atoms with Gasteiger partial charge < -0.3 is 5.11 Å². The predicted octanol–water partition coefficient (Wildman–Crippen LogP) is 4.57. The van der Waals surface area contributed by atoms with E-state index in [1.54, 1.807) is 0 Å². The van der Waals surface area contributed by atoms with E-state index in [-0.39, 0.29) is 12.5 Å². The quantitative estimate of drug-likeness (QED) is 0.229. The van der Waals surface area contributed by atoms with E-state index in [9.17, 15) is 4.79 Å². The van der Waals surface area contributed by atoms with Gasteiger partial charge in [0.05, 0.1) is 0 Å². The number of unbranched alkanes of at least 4 members (excludes halogenated alkanes) is 4. The number of nitrogens with zero attached hydrogens (tertiary/aromatic N) is 6. The highest BCUT2D eigenvalue weighted by Crippen LogP contribution is 2.15. The molecule has 8 heteroatoms. The van der Waals surface area contributed by atoms with Crippen LogP contribution in [-0.2, 0) is 4.79 Å². The molecule has 0 fully saturated rings. The van der Waals surface area contributed by atoms with Crippen LogP contribution >= 0.6 is 0 Å². The Kier molecular flexibility index (Phi) is 12.2. The molecule has 0 radical (unpaired) electrons. The van der Waals surface area contributed by atoms with Crippen LogP contribution in [0.15, 0.2) is 10.2 Å². The molecule has 0 aromatic carbocycles. The van der Waals surface area contributed by atoms with Crippen LogP contribution in [0.2, 0.25) is 0 Å². The van der Waals surface area contributed by atoms with Gasteiger partial charge in [0.1, 0.15) is 0 Å². The lowest BCUT2D eigenvalue weighted by molar-refractivity contribution is -0.137. The van der Waals surface area contributed by atoms with Crippen molar-refractivity contribution in [3.63, 3.8) is 0 Å². The molecule has 0 amide bonds. The summed E-state index contributed by atoms with van der Waals surface area (Å²) in [5.74, 6) is -0.787. The molecule has 8 nitrogen and oxygen atoms in total. The van der Waals surface area contributed by atoms with Crippen molar-refractivity contribution in [1.29, 1.82) is 0 Å². The fourth-order valence-corrected chi connectivity index (χ4v) is 1.95. The second-order valence-electron chi connectivity index (χ2n) is 4.66. The van der Waals surface area contributed by atoms with Crippen molar-refractivity contribution in [3.8, 4) is 0 Å². The molecule has 112 valence electrons. The van der Waals surface area contributed by atoms with Gasteiger partial charge >= 0.3 is 5.97 Å². The van der Waals surface area contributed by atoms with Crippen LogP contribution in [0.1, 0.15) is 57.8 Å². The molecule has 0 aromatic rings. The standard InChI is InChI=1S/C12H22N6O2/c13-17-15-10-6-2-1-3-7-11(16-18-14)8-4-5-9-12(19)20/h11H,1-10H2,(H,19,20). The molecule has 20 heavy (non-hydrogen) atoms. The van der Waals surface area contributed by atoms with Crippen LogP contribution in [0.25, 0.3) is 20.9 Å². The van der Waals surface area contributed by atoms with E-state index in [0.717, 1.165) is 44.9 Å². The fraction of sp³-hybridized carbons (Fsp3) is 0.917. The van der Waals surface area contributed by atoms with Gasteiger partial charge in [0.15, 0.2) is 0 Å². The van der Waals surface area contributed by atoms with E-state index >= 15 is 0 Å². The minimum Gasteiger partial charge on any atom is -0.481 e. The maximum absolute atomic E-state index is 10.4. The summed E-state index contributed by atoms with van der Waals surface area (Å²) in [6.07, 6.45) is 7.02. The monoisotopic (exact) mass is 282 g/mol. The maximum Gasteiger partial charge on any atom is 0.303 e. The second kappa shape index (κ2) is 13.5. The number of rotatable bonds is 13.